The number of aromatic nitrogens is 1. The van der Waals surface area contributed by atoms with E-state index in [4.69, 9.17) is 10.2 Å². The highest BCUT2D eigenvalue weighted by Gasteiger charge is 2.11. The second kappa shape index (κ2) is 4.88. The second-order valence-corrected chi connectivity index (χ2v) is 3.93. The van der Waals surface area contributed by atoms with Crippen molar-refractivity contribution in [2.24, 2.45) is 20.0 Å². The predicted octanol–water partition coefficient (Wildman–Crippen LogP) is 0.765. The number of hydrogen-bond acceptors (Lipinski definition) is 7. The highest BCUT2D eigenvalue weighted by Crippen LogP contribution is 2.20. The first kappa shape index (κ1) is 12.0. The van der Waals surface area contributed by atoms with E-state index in [0.29, 0.717) is 5.49 Å². The Hall–Kier alpha value is -3.09. The van der Waals surface area contributed by atoms with Gasteiger partial charge in [-0.15, -0.1) is 0 Å². The molecule has 7 heteroatoms. The van der Waals surface area contributed by atoms with Crippen LogP contribution in [0.3, 0.4) is 0 Å². The summed E-state index contributed by atoms with van der Waals surface area (Å²) in [6, 6.07) is 5.70. The Morgan fingerprint density at radius 1 is 0.750 bits per heavy atom. The van der Waals surface area contributed by atoms with Crippen LogP contribution in [0.4, 0.5) is 11.4 Å². The molecule has 4 rings (SSSR count). The van der Waals surface area contributed by atoms with Crippen molar-refractivity contribution >= 4 is 24.1 Å². The summed E-state index contributed by atoms with van der Waals surface area (Å²) >= 11 is 0. The van der Waals surface area contributed by atoms with E-state index in [9.17, 15) is 0 Å². The van der Waals surface area contributed by atoms with Crippen molar-refractivity contribution in [3.63, 3.8) is 0 Å². The summed E-state index contributed by atoms with van der Waals surface area (Å²) in [7, 11) is 0. The molecule has 2 aromatic rings. The van der Waals surface area contributed by atoms with Gasteiger partial charge < -0.3 is 10.2 Å². The number of aliphatic imine (C=N–C) groups is 2. The van der Waals surface area contributed by atoms with Gasteiger partial charge in [-0.2, -0.15) is 0 Å². The van der Waals surface area contributed by atoms with Crippen LogP contribution in [0, 0.1) is 0 Å². The minimum absolute atomic E-state index is 0.169. The molecule has 2 aliphatic heterocycles. The minimum atomic E-state index is 0.169. The normalized spacial score (nSPS) is 12.8. The van der Waals surface area contributed by atoms with Gasteiger partial charge >= 0.3 is 0 Å². The van der Waals surface area contributed by atoms with Crippen LogP contribution < -0.4 is 10.8 Å². The zero-order chi connectivity index (χ0) is 13.9. The molecule has 3 heterocycles. The lowest BCUT2D eigenvalue weighted by Crippen LogP contribution is -2.11. The van der Waals surface area contributed by atoms with E-state index in [-0.39, 0.29) is 11.5 Å². The Morgan fingerprint density at radius 3 is 2.05 bits per heavy atom. The number of pyridine rings is 1. The molecule has 2 aliphatic rings. The average molecular weight is 267 g/mol. The van der Waals surface area contributed by atoms with Crippen LogP contribution in [0.15, 0.2) is 50.4 Å². The molecule has 0 radical (unpaired) electrons. The van der Waals surface area contributed by atoms with E-state index in [1.165, 1.54) is 36.9 Å². The molecule has 20 heavy (non-hydrogen) atoms. The number of hydrogen-bond donors (Lipinski definition) is 2. The van der Waals surface area contributed by atoms with E-state index in [0.717, 1.165) is 16.7 Å². The smallest absolute Gasteiger partial charge is 0.182 e. The molecule has 0 atom stereocenters. The van der Waals surface area contributed by atoms with E-state index >= 15 is 0 Å². The monoisotopic (exact) mass is 267 g/mol. The highest BCUT2D eigenvalue weighted by molar-refractivity contribution is 5.78. The third-order valence-corrected chi connectivity index (χ3v) is 2.59. The Morgan fingerprint density at radius 2 is 1.35 bits per heavy atom. The number of fused-ring (bicyclic) bond motifs is 3. The van der Waals surface area contributed by atoms with Gasteiger partial charge in [-0.1, -0.05) is 0 Å². The fraction of sp³-hybridized carbons (Fsp3) is 0. The first-order valence-electron chi connectivity index (χ1n) is 5.72. The molecule has 1 aromatic carbocycles. The number of aromatic hydroxyl groups is 2. The fourth-order valence-electron chi connectivity index (χ4n) is 1.65. The van der Waals surface area contributed by atoms with Crippen molar-refractivity contribution in [1.82, 2.24) is 4.98 Å². The zero-order valence-electron chi connectivity index (χ0n) is 10.2. The average Bonchev–Trinajstić information content (AvgIpc) is 3.09. The van der Waals surface area contributed by atoms with Gasteiger partial charge in [0.2, 0.25) is 0 Å². The highest BCUT2D eigenvalue weighted by atomic mass is 16.3. The summed E-state index contributed by atoms with van der Waals surface area (Å²) in [5.41, 5.74) is 2.13. The molecule has 0 unspecified atom stereocenters. The van der Waals surface area contributed by atoms with E-state index in [1.54, 1.807) is 6.20 Å². The third-order valence-electron chi connectivity index (χ3n) is 2.59. The van der Waals surface area contributed by atoms with Crippen LogP contribution in [-0.2, 0) is 0 Å². The molecule has 0 saturated carbocycles. The molecule has 0 spiro atoms. The number of nitrogens with zero attached hydrogens (tertiary/aromatic N) is 5. The quantitative estimate of drug-likeness (QED) is 0.689. The molecule has 0 saturated heterocycles. The summed E-state index contributed by atoms with van der Waals surface area (Å²) < 4.78 is 0. The Kier molecular flexibility index (Phi) is 2.92. The van der Waals surface area contributed by atoms with Crippen LogP contribution in [-0.4, -0.2) is 27.9 Å². The topological polar surface area (TPSA) is 103 Å². The number of rotatable bonds is 0. The second-order valence-electron chi connectivity index (χ2n) is 3.93. The molecule has 0 bridgehead atoms. The van der Waals surface area contributed by atoms with Crippen molar-refractivity contribution in [3.8, 4) is 11.5 Å². The Labute approximate surface area is 113 Å². The molecule has 0 amide bonds. The van der Waals surface area contributed by atoms with E-state index in [2.05, 4.69) is 25.0 Å². The maximum atomic E-state index is 8.65. The van der Waals surface area contributed by atoms with Gasteiger partial charge in [0.1, 0.15) is 40.9 Å². The van der Waals surface area contributed by atoms with Gasteiger partial charge in [-0.05, 0) is 24.3 Å². The number of phenolic OH excluding ortho intramolecular Hbond substituents is 2. The lowest BCUT2D eigenvalue weighted by molar-refractivity contribution is 0.460. The van der Waals surface area contributed by atoms with E-state index < -0.39 is 0 Å². The van der Waals surface area contributed by atoms with Gasteiger partial charge in [-0.3, -0.25) is 0 Å². The van der Waals surface area contributed by atoms with Gasteiger partial charge in [-0.25, -0.2) is 25.0 Å². The summed E-state index contributed by atoms with van der Waals surface area (Å²) in [4.78, 5) is 20.1. The summed E-state index contributed by atoms with van der Waals surface area (Å²) in [6.45, 7) is 0. The van der Waals surface area contributed by atoms with Gasteiger partial charge in [0.25, 0.3) is 0 Å². The Balaban J connectivity index is 0.000000133. The summed E-state index contributed by atoms with van der Waals surface area (Å²) in [6.07, 6.45) is 4.63. The van der Waals surface area contributed by atoms with Gasteiger partial charge in [0.05, 0.1) is 6.20 Å². The van der Waals surface area contributed by atoms with Gasteiger partial charge in [0.15, 0.2) is 5.49 Å². The maximum absolute atomic E-state index is 8.65. The van der Waals surface area contributed by atoms with Crippen LogP contribution >= 0.6 is 0 Å². The Bertz CT molecular complexity index is 755. The molecule has 1 aromatic heterocycles. The first-order valence-corrected chi connectivity index (χ1v) is 5.72. The standard InChI is InChI=1S/C7H3N5.C6H6O2/c1-4-5(10-2-9-4)6-7(8-1)12-3-11-6;7-5-1-2-6(8)4-3-5/h1-3H;1-4,7-8H. The molecule has 0 fully saturated rings. The van der Waals surface area contributed by atoms with Crippen LogP contribution in [0.2, 0.25) is 0 Å². The van der Waals surface area contributed by atoms with E-state index in [1.807, 2.05) is 0 Å². The molecular weight excluding hydrogens is 258 g/mol. The predicted molar refractivity (Wildman–Crippen MR) is 72.6 cm³/mol. The molecular formula is C13H9N5O2. The molecule has 98 valence electrons. The number of phenols is 2. The van der Waals surface area contributed by atoms with Crippen molar-refractivity contribution in [1.29, 1.82) is 0 Å². The number of benzene rings is 1. The fourth-order valence-corrected chi connectivity index (χ4v) is 1.65. The van der Waals surface area contributed by atoms with Gasteiger partial charge in [0, 0.05) is 0 Å². The van der Waals surface area contributed by atoms with Crippen molar-refractivity contribution in [2.45, 2.75) is 0 Å². The van der Waals surface area contributed by atoms with Crippen molar-refractivity contribution in [3.05, 3.63) is 41.3 Å². The van der Waals surface area contributed by atoms with Crippen molar-refractivity contribution < 1.29 is 10.2 Å². The largest absolute Gasteiger partial charge is 0.508 e. The lowest BCUT2D eigenvalue weighted by atomic mass is 10.3. The molecule has 2 N–H and O–H groups in total. The van der Waals surface area contributed by atoms with Crippen LogP contribution in [0.5, 0.6) is 11.5 Å². The zero-order valence-corrected chi connectivity index (χ0v) is 10.2. The summed E-state index contributed by atoms with van der Waals surface area (Å²) in [5.74, 6) is 0.339. The minimum Gasteiger partial charge on any atom is -0.508 e. The first-order chi connectivity index (χ1) is 9.74. The van der Waals surface area contributed by atoms with Crippen molar-refractivity contribution in [2.75, 3.05) is 0 Å². The maximum Gasteiger partial charge on any atom is 0.182 e. The van der Waals surface area contributed by atoms with Crippen LogP contribution in [0.1, 0.15) is 0 Å². The molecule has 7 nitrogen and oxygen atoms in total. The SMILES string of the molecule is C1=Nc2c3c(ncc2=N1)=NC=N3.Oc1ccc(O)cc1. The third kappa shape index (κ3) is 2.24. The lowest BCUT2D eigenvalue weighted by Gasteiger charge is -1.91. The van der Waals surface area contributed by atoms with Crippen LogP contribution in [0.25, 0.3) is 0 Å². The molecule has 0 aliphatic carbocycles. The summed E-state index contributed by atoms with van der Waals surface area (Å²) in [5, 5.41) is 18.1.